The third kappa shape index (κ3) is 7.98. The van der Waals surface area contributed by atoms with Gasteiger partial charge in [-0.25, -0.2) is 18.2 Å². The van der Waals surface area contributed by atoms with E-state index < -0.39 is 44.2 Å². The molecular formula is C36H48N6O7S2. The van der Waals surface area contributed by atoms with Crippen molar-refractivity contribution in [2.75, 3.05) is 33.1 Å². The summed E-state index contributed by atoms with van der Waals surface area (Å²) in [5, 5.41) is 7.27. The number of carbonyl (C=O) groups is 3. The van der Waals surface area contributed by atoms with E-state index in [1.807, 2.05) is 36.4 Å². The van der Waals surface area contributed by atoms with Crippen LogP contribution in [-0.4, -0.2) is 96.6 Å². The number of aliphatic imine (C=N–C) groups is 1. The van der Waals surface area contributed by atoms with E-state index in [4.69, 9.17) is 19.5 Å². The number of nitrogens with zero attached hydrogens (tertiary/aromatic N) is 3. The second-order valence-electron chi connectivity index (χ2n) is 14.6. The average molecular weight is 741 g/mol. The Labute approximate surface area is 303 Å². The molecule has 2 aromatic rings. The first-order valence-electron chi connectivity index (χ1n) is 17.6. The molecule has 0 spiro atoms. The minimum atomic E-state index is -3.93. The molecule has 1 unspecified atom stereocenters. The standard InChI is InChI=1S/C36H48N6O7S2/c1-22(2)29-21-50-32(38-29)28-19-30(25-12-11-24(48-5)18-27(25)37-28)49-17-13-26-31(43)40-36(33(44)41-51(46,47)35(3)14-15-35)20-23(36)10-8-6-7-9-16-42(4)34(45)39-26/h8,10-12,18-19,22-23,26,29H,6-7,9,13-17,20-21H2,1-5H3,(H,39,45)(H,40,43)(H,41,44)/b10-8-/t23-,26+,29?,36-/m1/s1. The van der Waals surface area contributed by atoms with Gasteiger partial charge in [0.15, 0.2) is 0 Å². The van der Waals surface area contributed by atoms with Gasteiger partial charge in [0.25, 0.3) is 5.91 Å². The fourth-order valence-corrected chi connectivity index (χ4v) is 8.82. The van der Waals surface area contributed by atoms with Crippen molar-refractivity contribution >= 4 is 55.6 Å². The number of hydrogen-bond donors (Lipinski definition) is 3. The minimum Gasteiger partial charge on any atom is -0.497 e. The van der Waals surface area contributed by atoms with E-state index in [0.29, 0.717) is 48.0 Å². The average Bonchev–Trinajstić information content (AvgIpc) is 3.96. The predicted molar refractivity (Wildman–Crippen MR) is 198 cm³/mol. The lowest BCUT2D eigenvalue weighted by atomic mass is 10.1. The van der Waals surface area contributed by atoms with Crippen LogP contribution in [0.4, 0.5) is 4.79 Å². The van der Waals surface area contributed by atoms with E-state index in [-0.39, 0.29) is 31.4 Å². The van der Waals surface area contributed by atoms with Crippen LogP contribution in [0, 0.1) is 11.8 Å². The Morgan fingerprint density at radius 1 is 1.20 bits per heavy atom. The van der Waals surface area contributed by atoms with Gasteiger partial charge in [-0.2, -0.15) is 0 Å². The third-order valence-corrected chi connectivity index (χ3v) is 13.6. The number of amides is 4. The number of nitrogens with one attached hydrogen (secondary N) is 3. The van der Waals surface area contributed by atoms with Crippen LogP contribution in [0.2, 0.25) is 0 Å². The summed E-state index contributed by atoms with van der Waals surface area (Å²) in [6, 6.07) is 6.05. The van der Waals surface area contributed by atoms with Gasteiger partial charge in [0.2, 0.25) is 15.9 Å². The molecule has 3 N–H and O–H groups in total. The normalized spacial score (nSPS) is 27.1. The van der Waals surface area contributed by atoms with Gasteiger partial charge >= 0.3 is 6.03 Å². The zero-order valence-corrected chi connectivity index (χ0v) is 31.5. The molecule has 15 heteroatoms. The molecule has 2 aliphatic carbocycles. The second-order valence-corrected chi connectivity index (χ2v) is 17.8. The first-order valence-corrected chi connectivity index (χ1v) is 20.1. The first-order chi connectivity index (χ1) is 24.2. The highest BCUT2D eigenvalue weighted by Gasteiger charge is 2.62. The van der Waals surface area contributed by atoms with Crippen molar-refractivity contribution < 1.29 is 32.3 Å². The molecule has 1 aromatic carbocycles. The fraction of sp³-hybridized carbons (Fsp3) is 0.583. The van der Waals surface area contributed by atoms with Crippen molar-refractivity contribution in [2.24, 2.45) is 16.8 Å². The molecule has 2 fully saturated rings. The zero-order valence-electron chi connectivity index (χ0n) is 29.9. The minimum absolute atomic E-state index is 0.0379. The van der Waals surface area contributed by atoms with Gasteiger partial charge in [0.1, 0.15) is 28.1 Å². The van der Waals surface area contributed by atoms with Crippen LogP contribution in [0.1, 0.15) is 71.4 Å². The number of allylic oxidation sites excluding steroid dienone is 1. The van der Waals surface area contributed by atoms with Crippen LogP contribution in [0.15, 0.2) is 41.4 Å². The number of urea groups is 1. The number of fused-ring (bicyclic) bond motifs is 2. The van der Waals surface area contributed by atoms with Gasteiger partial charge in [-0.15, -0.1) is 11.8 Å². The Morgan fingerprint density at radius 3 is 2.69 bits per heavy atom. The summed E-state index contributed by atoms with van der Waals surface area (Å²) in [6.45, 7) is 6.44. The molecular weight excluding hydrogens is 693 g/mol. The first kappa shape index (κ1) is 36.9. The molecule has 4 aliphatic rings. The van der Waals surface area contributed by atoms with Crippen molar-refractivity contribution in [3.63, 3.8) is 0 Å². The number of pyridine rings is 1. The molecule has 3 heterocycles. The van der Waals surface area contributed by atoms with E-state index in [1.165, 1.54) is 4.90 Å². The van der Waals surface area contributed by atoms with Gasteiger partial charge in [0, 0.05) is 49.2 Å². The summed E-state index contributed by atoms with van der Waals surface area (Å²) in [7, 11) is -0.670. The summed E-state index contributed by atoms with van der Waals surface area (Å²) in [5.74, 6) is 0.709. The highest BCUT2D eigenvalue weighted by Crippen LogP contribution is 2.47. The Balaban J connectivity index is 1.24. The quantitative estimate of drug-likeness (QED) is 0.303. The molecule has 4 amide bonds. The largest absolute Gasteiger partial charge is 0.497 e. The van der Waals surface area contributed by atoms with Gasteiger partial charge < -0.3 is 25.0 Å². The molecule has 0 radical (unpaired) electrons. The van der Waals surface area contributed by atoms with Gasteiger partial charge in [-0.05, 0) is 63.5 Å². The maximum absolute atomic E-state index is 14.0. The van der Waals surface area contributed by atoms with Crippen LogP contribution in [0.5, 0.6) is 11.5 Å². The van der Waals surface area contributed by atoms with Crippen LogP contribution in [0.3, 0.4) is 0 Å². The molecule has 4 atom stereocenters. The number of hydrogen-bond acceptors (Lipinski definition) is 10. The molecule has 51 heavy (non-hydrogen) atoms. The SMILES string of the molecule is COc1ccc2c(OCC[C@@H]3NC(=O)N(C)CCCC/C=C\[C@@H]4C[C@@]4(C(=O)NS(=O)(=O)C4(C)CC4)NC3=O)cc(C3=NC(C(C)C)CS3)nc2c1. The van der Waals surface area contributed by atoms with E-state index >= 15 is 0 Å². The number of thioether (sulfide) groups is 1. The fourth-order valence-electron chi connectivity index (χ4n) is 6.26. The Hall–Kier alpha value is -3.85. The number of rotatable bonds is 10. The molecule has 1 aromatic heterocycles. The molecule has 2 aliphatic heterocycles. The summed E-state index contributed by atoms with van der Waals surface area (Å²) in [5.41, 5.74) is -0.103. The van der Waals surface area contributed by atoms with Crippen LogP contribution >= 0.6 is 11.8 Å². The smallest absolute Gasteiger partial charge is 0.317 e. The number of sulfonamides is 1. The number of aromatic nitrogens is 1. The maximum atomic E-state index is 14.0. The summed E-state index contributed by atoms with van der Waals surface area (Å²) in [6.07, 6.45) is 7.41. The van der Waals surface area contributed by atoms with Crippen molar-refractivity contribution in [3.05, 3.63) is 42.1 Å². The Morgan fingerprint density at radius 2 is 1.98 bits per heavy atom. The topological polar surface area (TPSA) is 168 Å². The zero-order chi connectivity index (χ0) is 36.6. The lowest BCUT2D eigenvalue weighted by molar-refractivity contribution is -0.130. The predicted octanol–water partition coefficient (Wildman–Crippen LogP) is 4.15. The molecule has 13 nitrogen and oxygen atoms in total. The number of carbonyl (C=O) groups excluding carboxylic acids is 3. The van der Waals surface area contributed by atoms with Crippen molar-refractivity contribution in [3.8, 4) is 11.5 Å². The monoisotopic (exact) mass is 740 g/mol. The van der Waals surface area contributed by atoms with Crippen molar-refractivity contribution in [2.45, 2.75) is 88.1 Å². The summed E-state index contributed by atoms with van der Waals surface area (Å²) in [4.78, 5) is 52.2. The maximum Gasteiger partial charge on any atom is 0.317 e. The lowest BCUT2D eigenvalue weighted by Gasteiger charge is -2.26. The Bertz CT molecular complexity index is 1860. The van der Waals surface area contributed by atoms with Crippen molar-refractivity contribution in [1.82, 2.24) is 25.2 Å². The Kier molecular flexibility index (Phi) is 10.6. The summed E-state index contributed by atoms with van der Waals surface area (Å²) < 4.78 is 39.1. The molecule has 0 saturated heterocycles. The molecule has 276 valence electrons. The van der Waals surface area contributed by atoms with Crippen molar-refractivity contribution in [1.29, 1.82) is 0 Å². The van der Waals surface area contributed by atoms with Crippen LogP contribution in [-0.2, 0) is 19.6 Å². The molecule has 2 saturated carbocycles. The molecule has 6 rings (SSSR count). The van der Waals surface area contributed by atoms with Gasteiger partial charge in [-0.1, -0.05) is 26.0 Å². The van der Waals surface area contributed by atoms with Crippen LogP contribution in [0.25, 0.3) is 10.9 Å². The van der Waals surface area contributed by atoms with E-state index in [9.17, 15) is 22.8 Å². The van der Waals surface area contributed by atoms with Gasteiger partial charge in [-0.3, -0.25) is 19.3 Å². The van der Waals surface area contributed by atoms with Crippen LogP contribution < -0.4 is 24.8 Å². The van der Waals surface area contributed by atoms with E-state index in [2.05, 4.69) is 29.2 Å². The number of ether oxygens (including phenoxy) is 2. The van der Waals surface area contributed by atoms with E-state index in [0.717, 1.165) is 35.4 Å². The highest BCUT2D eigenvalue weighted by atomic mass is 32.2. The highest BCUT2D eigenvalue weighted by molar-refractivity contribution is 8.14. The summed E-state index contributed by atoms with van der Waals surface area (Å²) >= 11 is 1.65. The lowest BCUT2D eigenvalue weighted by Crippen LogP contribution is -2.58. The third-order valence-electron chi connectivity index (χ3n) is 10.3. The van der Waals surface area contributed by atoms with Gasteiger partial charge in [0.05, 0.1) is 35.7 Å². The second kappa shape index (κ2) is 14.6. The number of methoxy groups -OCH3 is 1. The molecule has 0 bridgehead atoms. The number of benzene rings is 1. The van der Waals surface area contributed by atoms with E-state index in [1.54, 1.807) is 32.8 Å².